The maximum absolute atomic E-state index is 8.75. The molecule has 0 bridgehead atoms. The standard InChI is InChI=1S/C18H37NO.ClH/c1-2-3-4-5-8-11-18-12-15-19(16-13-18)14-9-6-7-10-17-20;/h18,20H,2-17H2,1H3;1H. The average molecular weight is 320 g/mol. The van der Waals surface area contributed by atoms with Gasteiger partial charge in [-0.1, -0.05) is 58.3 Å². The minimum atomic E-state index is 0. The van der Waals surface area contributed by atoms with E-state index in [1.807, 2.05) is 0 Å². The topological polar surface area (TPSA) is 23.5 Å². The lowest BCUT2D eigenvalue weighted by Gasteiger charge is -2.32. The van der Waals surface area contributed by atoms with Crippen LogP contribution in [0.4, 0.5) is 0 Å². The van der Waals surface area contributed by atoms with Gasteiger partial charge in [0.15, 0.2) is 0 Å². The first-order chi connectivity index (χ1) is 9.86. The van der Waals surface area contributed by atoms with Crippen molar-refractivity contribution in [3.8, 4) is 0 Å². The highest BCUT2D eigenvalue weighted by Gasteiger charge is 2.18. The van der Waals surface area contributed by atoms with Gasteiger partial charge in [-0.05, 0) is 51.2 Å². The van der Waals surface area contributed by atoms with Gasteiger partial charge in [-0.2, -0.15) is 0 Å². The molecule has 1 rings (SSSR count). The van der Waals surface area contributed by atoms with E-state index in [1.165, 1.54) is 90.3 Å². The lowest BCUT2D eigenvalue weighted by molar-refractivity contribution is 0.173. The quantitative estimate of drug-likeness (QED) is 0.510. The third kappa shape index (κ3) is 11.4. The van der Waals surface area contributed by atoms with Crippen molar-refractivity contribution in [3.63, 3.8) is 0 Å². The number of aliphatic hydroxyl groups excluding tert-OH is 1. The number of likely N-dealkylation sites (tertiary alicyclic amines) is 1. The first-order valence-corrected chi connectivity index (χ1v) is 9.20. The molecule has 0 aliphatic carbocycles. The Balaban J connectivity index is 0.00000400. The van der Waals surface area contributed by atoms with Crippen molar-refractivity contribution in [1.82, 2.24) is 4.90 Å². The Bertz CT molecular complexity index is 183. The van der Waals surface area contributed by atoms with Crippen molar-refractivity contribution in [3.05, 3.63) is 0 Å². The maximum atomic E-state index is 8.75. The van der Waals surface area contributed by atoms with Gasteiger partial charge in [-0.25, -0.2) is 0 Å². The molecule has 3 heteroatoms. The van der Waals surface area contributed by atoms with Gasteiger partial charge in [-0.3, -0.25) is 0 Å². The van der Waals surface area contributed by atoms with Crippen LogP contribution in [0.15, 0.2) is 0 Å². The van der Waals surface area contributed by atoms with Crippen LogP contribution in [-0.4, -0.2) is 36.2 Å². The van der Waals surface area contributed by atoms with E-state index < -0.39 is 0 Å². The summed E-state index contributed by atoms with van der Waals surface area (Å²) in [6.07, 6.45) is 16.3. The normalized spacial score (nSPS) is 16.9. The van der Waals surface area contributed by atoms with Gasteiger partial charge in [0.25, 0.3) is 0 Å². The van der Waals surface area contributed by atoms with E-state index >= 15 is 0 Å². The van der Waals surface area contributed by atoms with Crippen molar-refractivity contribution in [2.45, 2.75) is 84.0 Å². The second kappa shape index (κ2) is 15.1. The molecule has 0 aromatic heterocycles. The van der Waals surface area contributed by atoms with Gasteiger partial charge in [-0.15, -0.1) is 12.4 Å². The molecular formula is C18H38ClNO. The summed E-state index contributed by atoms with van der Waals surface area (Å²) in [5.41, 5.74) is 0. The summed E-state index contributed by atoms with van der Waals surface area (Å²) < 4.78 is 0. The molecule has 0 atom stereocenters. The van der Waals surface area contributed by atoms with E-state index in [-0.39, 0.29) is 12.4 Å². The van der Waals surface area contributed by atoms with Gasteiger partial charge < -0.3 is 10.0 Å². The summed E-state index contributed by atoms with van der Waals surface area (Å²) in [7, 11) is 0. The van der Waals surface area contributed by atoms with Gasteiger partial charge in [0.1, 0.15) is 0 Å². The van der Waals surface area contributed by atoms with Crippen LogP contribution in [0.25, 0.3) is 0 Å². The number of rotatable bonds is 12. The average Bonchev–Trinajstić information content (AvgIpc) is 2.48. The lowest BCUT2D eigenvalue weighted by Crippen LogP contribution is -2.34. The number of aliphatic hydroxyl groups is 1. The van der Waals surface area contributed by atoms with Crippen LogP contribution in [-0.2, 0) is 0 Å². The fourth-order valence-corrected chi connectivity index (χ4v) is 3.34. The molecule has 1 aliphatic heterocycles. The second-order valence-corrected chi connectivity index (χ2v) is 6.63. The summed E-state index contributed by atoms with van der Waals surface area (Å²) in [5, 5.41) is 8.75. The summed E-state index contributed by atoms with van der Waals surface area (Å²) >= 11 is 0. The van der Waals surface area contributed by atoms with Crippen LogP contribution in [0.2, 0.25) is 0 Å². The van der Waals surface area contributed by atoms with E-state index in [1.54, 1.807) is 0 Å². The van der Waals surface area contributed by atoms with Gasteiger partial charge >= 0.3 is 0 Å². The molecule has 1 aliphatic rings. The first kappa shape index (κ1) is 21.2. The van der Waals surface area contributed by atoms with Crippen LogP contribution >= 0.6 is 12.4 Å². The molecule has 0 spiro atoms. The lowest BCUT2D eigenvalue weighted by atomic mass is 9.91. The van der Waals surface area contributed by atoms with Crippen molar-refractivity contribution in [1.29, 1.82) is 0 Å². The molecule has 128 valence electrons. The van der Waals surface area contributed by atoms with E-state index in [4.69, 9.17) is 5.11 Å². The third-order valence-electron chi connectivity index (χ3n) is 4.81. The Morgan fingerprint density at radius 3 is 2.14 bits per heavy atom. The third-order valence-corrected chi connectivity index (χ3v) is 4.81. The zero-order chi connectivity index (χ0) is 14.5. The maximum Gasteiger partial charge on any atom is 0.0431 e. The Hall–Kier alpha value is 0.210. The van der Waals surface area contributed by atoms with Crippen molar-refractivity contribution >= 4 is 12.4 Å². The monoisotopic (exact) mass is 319 g/mol. The number of unbranched alkanes of at least 4 members (excludes halogenated alkanes) is 7. The van der Waals surface area contributed by atoms with Crippen LogP contribution in [0.3, 0.4) is 0 Å². The number of nitrogens with zero attached hydrogens (tertiary/aromatic N) is 1. The fourth-order valence-electron chi connectivity index (χ4n) is 3.34. The Labute approximate surface area is 139 Å². The zero-order valence-electron chi connectivity index (χ0n) is 14.2. The minimum Gasteiger partial charge on any atom is -0.396 e. The molecule has 1 fully saturated rings. The van der Waals surface area contributed by atoms with Crippen LogP contribution < -0.4 is 0 Å². The molecule has 0 saturated carbocycles. The molecule has 0 unspecified atom stereocenters. The highest BCUT2D eigenvalue weighted by molar-refractivity contribution is 5.85. The van der Waals surface area contributed by atoms with Gasteiger partial charge in [0.2, 0.25) is 0 Å². The number of hydrogen-bond acceptors (Lipinski definition) is 2. The number of hydrogen-bond donors (Lipinski definition) is 1. The van der Waals surface area contributed by atoms with Crippen molar-refractivity contribution in [2.24, 2.45) is 5.92 Å². The molecule has 1 heterocycles. The van der Waals surface area contributed by atoms with E-state index in [0.717, 1.165) is 12.3 Å². The molecule has 2 nitrogen and oxygen atoms in total. The molecular weight excluding hydrogens is 282 g/mol. The van der Waals surface area contributed by atoms with Crippen molar-refractivity contribution in [2.75, 3.05) is 26.2 Å². The van der Waals surface area contributed by atoms with Crippen LogP contribution in [0.1, 0.15) is 84.0 Å². The predicted octanol–water partition coefficient (Wildman–Crippen LogP) is 5.03. The number of halogens is 1. The molecule has 0 aromatic rings. The zero-order valence-corrected chi connectivity index (χ0v) is 15.0. The Morgan fingerprint density at radius 1 is 0.857 bits per heavy atom. The largest absolute Gasteiger partial charge is 0.396 e. The van der Waals surface area contributed by atoms with Crippen LogP contribution in [0.5, 0.6) is 0 Å². The molecule has 0 amide bonds. The van der Waals surface area contributed by atoms with E-state index in [0.29, 0.717) is 6.61 Å². The SMILES string of the molecule is CCCCCCCC1CCN(CCCCCCO)CC1.Cl. The molecule has 1 N–H and O–H groups in total. The summed E-state index contributed by atoms with van der Waals surface area (Å²) in [5.74, 6) is 1.02. The molecule has 0 aromatic carbocycles. The fraction of sp³-hybridized carbons (Fsp3) is 1.00. The van der Waals surface area contributed by atoms with Crippen molar-refractivity contribution < 1.29 is 5.11 Å². The predicted molar refractivity (Wildman–Crippen MR) is 95.3 cm³/mol. The van der Waals surface area contributed by atoms with Gasteiger partial charge in [0.05, 0.1) is 0 Å². The summed E-state index contributed by atoms with van der Waals surface area (Å²) in [6.45, 7) is 6.61. The molecule has 0 radical (unpaired) electrons. The minimum absolute atomic E-state index is 0. The van der Waals surface area contributed by atoms with E-state index in [9.17, 15) is 0 Å². The molecule has 21 heavy (non-hydrogen) atoms. The highest BCUT2D eigenvalue weighted by Crippen LogP contribution is 2.23. The van der Waals surface area contributed by atoms with Gasteiger partial charge in [0, 0.05) is 6.61 Å². The summed E-state index contributed by atoms with van der Waals surface area (Å²) in [4.78, 5) is 2.66. The van der Waals surface area contributed by atoms with Crippen LogP contribution in [0, 0.1) is 5.92 Å². The smallest absolute Gasteiger partial charge is 0.0431 e. The van der Waals surface area contributed by atoms with E-state index in [2.05, 4.69) is 11.8 Å². The number of piperidine rings is 1. The Kier molecular flexibility index (Phi) is 15.3. The Morgan fingerprint density at radius 2 is 1.48 bits per heavy atom. The molecule has 1 saturated heterocycles. The summed E-state index contributed by atoms with van der Waals surface area (Å²) in [6, 6.07) is 0. The highest BCUT2D eigenvalue weighted by atomic mass is 35.5. The first-order valence-electron chi connectivity index (χ1n) is 9.20. The second-order valence-electron chi connectivity index (χ2n) is 6.63.